The lowest BCUT2D eigenvalue weighted by Gasteiger charge is -2.35. The smallest absolute Gasteiger partial charge is 0.407 e. The van der Waals surface area contributed by atoms with E-state index in [1.807, 2.05) is 19.1 Å². The Balaban J connectivity index is 1.61. The number of unbranched alkanes of at least 4 members (excludes halogenated alkanes) is 2. The summed E-state index contributed by atoms with van der Waals surface area (Å²) in [7, 11) is -4.55. The molecule has 2 aromatic rings. The van der Waals surface area contributed by atoms with Gasteiger partial charge in [-0.05, 0) is 111 Å². The molecule has 0 bridgehead atoms. The SMILES string of the molecule is C#CCOCCOCCOc1cc(-c2scnc2C)ccc1CNC(=O)[C@@H]1C[C@@H](OP(=O)(N[C@@H](C)C(=O)N[C@@H](C)C(=O)OC(C)(C)C)OCCCCCNC(=O)OC(C)(C)C)CN1C(=O)[C@@H](NC(=O)C1(F)CC1)C(C)(C)C. The fraction of sp³-hybridized carbons (Fsp3) is 0.679. The van der Waals surface area contributed by atoms with E-state index in [0.29, 0.717) is 43.8 Å². The van der Waals surface area contributed by atoms with E-state index >= 15 is 4.39 Å². The Morgan fingerprint density at radius 2 is 1.57 bits per heavy atom. The molecule has 1 saturated heterocycles. The summed E-state index contributed by atoms with van der Waals surface area (Å²) in [5.41, 5.74) is -0.632. The van der Waals surface area contributed by atoms with Crippen molar-refractivity contribution in [1.82, 2.24) is 36.2 Å². The summed E-state index contributed by atoms with van der Waals surface area (Å²) in [6.45, 7) is 21.0. The molecule has 1 saturated carbocycles. The Morgan fingerprint density at radius 3 is 2.19 bits per heavy atom. The zero-order chi connectivity index (χ0) is 57.4. The summed E-state index contributed by atoms with van der Waals surface area (Å²) in [4.78, 5) is 87.6. The van der Waals surface area contributed by atoms with Crippen molar-refractivity contribution in [3.05, 3.63) is 35.0 Å². The molecule has 1 aliphatic carbocycles. The number of carbonyl (C=O) groups is 6. The fourth-order valence-corrected chi connectivity index (χ4v) is 10.2. The number of rotatable bonds is 29. The van der Waals surface area contributed by atoms with E-state index in [2.05, 4.69) is 37.3 Å². The summed E-state index contributed by atoms with van der Waals surface area (Å²) in [5, 5.41) is 13.4. The van der Waals surface area contributed by atoms with Crippen LogP contribution in [0.25, 0.3) is 10.4 Å². The van der Waals surface area contributed by atoms with E-state index < -0.39 is 96.0 Å². The molecule has 1 aromatic carbocycles. The van der Waals surface area contributed by atoms with Gasteiger partial charge in [-0.25, -0.2) is 28.6 Å². The van der Waals surface area contributed by atoms with E-state index in [1.165, 1.54) is 30.1 Å². The summed E-state index contributed by atoms with van der Waals surface area (Å²) >= 11 is 1.46. The van der Waals surface area contributed by atoms with E-state index in [9.17, 15) is 33.3 Å². The maximum absolute atomic E-state index is 15.2. The topological polar surface area (TPSA) is 260 Å². The molecule has 0 spiro atoms. The third-order valence-electron chi connectivity index (χ3n) is 11.8. The van der Waals surface area contributed by atoms with Crippen LogP contribution in [0.5, 0.6) is 5.75 Å². The molecular weight excluding hydrogens is 1040 g/mol. The average Bonchev–Trinajstić information content (AvgIpc) is 3.71. The number of hydrogen-bond donors (Lipinski definition) is 5. The Hall–Kier alpha value is -5.21. The Labute approximate surface area is 456 Å². The number of nitrogens with zero attached hydrogens (tertiary/aromatic N) is 2. The zero-order valence-electron chi connectivity index (χ0n) is 46.7. The van der Waals surface area contributed by atoms with Crippen LogP contribution >= 0.6 is 19.1 Å². The van der Waals surface area contributed by atoms with Crippen molar-refractivity contribution in [2.75, 3.05) is 52.7 Å². The molecule has 21 nitrogen and oxygen atoms in total. The first-order chi connectivity index (χ1) is 35.9. The van der Waals surface area contributed by atoms with Crippen LogP contribution in [-0.4, -0.2) is 145 Å². The zero-order valence-corrected chi connectivity index (χ0v) is 48.4. The molecule has 1 unspecified atom stereocenters. The number of aryl methyl sites for hydroxylation is 1. The van der Waals surface area contributed by atoms with E-state index in [0.717, 1.165) is 16.1 Å². The summed E-state index contributed by atoms with van der Waals surface area (Å²) in [5.74, 6) is -0.895. The second-order valence-electron chi connectivity index (χ2n) is 22.2. The minimum absolute atomic E-state index is 0.00179. The standard InChI is InChI=1S/C53H81FN7O14PS/c1-14-23-69-25-26-70-27-28-71-41-29-37(42-34(2)57-33-77-42)18-19-38(41)31-56-45(63)40-30-39(32-61(40)46(64)43(50(5,6)7)59-48(66)53(54)20-21-53)75-76(68,72-24-17-15-16-22-55-49(67)74-52(11,12)13)60-35(3)44(62)58-36(4)47(65)73-51(8,9)10/h1,18-19,29,33,35-36,39-40,43H,15-17,20-28,30-32H2,2-13H3,(H,55,67)(H,56,63)(H,58,62)(H,59,66)(H,60,68)/t35-,36-,39+,40-,43+,76?/m0/s1. The van der Waals surface area contributed by atoms with Gasteiger partial charge < -0.3 is 49.9 Å². The number of nitrogens with one attached hydrogen (secondary N) is 5. The van der Waals surface area contributed by atoms with Crippen molar-refractivity contribution in [1.29, 1.82) is 0 Å². The monoisotopic (exact) mass is 1120 g/mol. The number of amides is 5. The number of terminal acetylenes is 1. The van der Waals surface area contributed by atoms with Crippen molar-refractivity contribution >= 4 is 54.8 Å². The molecule has 5 N–H and O–H groups in total. The Bertz CT molecular complexity index is 2430. The minimum Gasteiger partial charge on any atom is -0.491 e. The predicted molar refractivity (Wildman–Crippen MR) is 287 cm³/mol. The van der Waals surface area contributed by atoms with Gasteiger partial charge in [0, 0.05) is 31.6 Å². The highest BCUT2D eigenvalue weighted by atomic mass is 32.1. The molecule has 0 radical (unpaired) electrons. The summed E-state index contributed by atoms with van der Waals surface area (Å²) in [6.07, 6.45) is 4.62. The number of alkyl halides is 1. The van der Waals surface area contributed by atoms with E-state index in [4.69, 9.17) is 39.2 Å². The van der Waals surface area contributed by atoms with Crippen LogP contribution in [0, 0.1) is 24.7 Å². The van der Waals surface area contributed by atoms with Gasteiger partial charge in [-0.3, -0.25) is 28.2 Å². The molecule has 1 aliphatic heterocycles. The van der Waals surface area contributed by atoms with Gasteiger partial charge in [-0.15, -0.1) is 17.8 Å². The van der Waals surface area contributed by atoms with Gasteiger partial charge in [0.25, 0.3) is 5.91 Å². The number of thiazole rings is 1. The largest absolute Gasteiger partial charge is 0.491 e. The second kappa shape index (κ2) is 28.6. The predicted octanol–water partition coefficient (Wildman–Crippen LogP) is 6.44. The Morgan fingerprint density at radius 1 is 0.896 bits per heavy atom. The molecule has 2 fully saturated rings. The highest BCUT2D eigenvalue weighted by Crippen LogP contribution is 2.48. The maximum Gasteiger partial charge on any atom is 0.407 e. The van der Waals surface area contributed by atoms with Crippen molar-refractivity contribution < 1.29 is 70.5 Å². The van der Waals surface area contributed by atoms with Crippen LogP contribution < -0.4 is 31.1 Å². The van der Waals surface area contributed by atoms with E-state index in [-0.39, 0.29) is 65.3 Å². The first kappa shape index (κ1) is 64.3. The first-order valence-electron chi connectivity index (χ1n) is 26.0. The molecule has 2 heterocycles. The van der Waals surface area contributed by atoms with E-state index in [1.54, 1.807) is 73.9 Å². The van der Waals surface area contributed by atoms with Crippen molar-refractivity contribution in [2.24, 2.45) is 5.41 Å². The number of carbonyl (C=O) groups excluding carboxylic acids is 6. The normalized spacial score (nSPS) is 18.2. The minimum atomic E-state index is -4.55. The van der Waals surface area contributed by atoms with Crippen LogP contribution in [0.1, 0.15) is 126 Å². The van der Waals surface area contributed by atoms with Gasteiger partial charge in [0.2, 0.25) is 17.7 Å². The lowest BCUT2D eigenvalue weighted by atomic mass is 9.85. The van der Waals surface area contributed by atoms with Gasteiger partial charge >= 0.3 is 19.8 Å². The van der Waals surface area contributed by atoms with Crippen LogP contribution in [-0.2, 0) is 63.1 Å². The number of alkyl carbamates (subject to hydrolysis) is 1. The van der Waals surface area contributed by atoms with Gasteiger partial charge in [-0.1, -0.05) is 38.8 Å². The first-order valence-corrected chi connectivity index (χ1v) is 28.4. The molecule has 430 valence electrons. The number of esters is 1. The summed E-state index contributed by atoms with van der Waals surface area (Å²) in [6, 6.07) is 0.540. The molecule has 6 atom stereocenters. The number of benzene rings is 1. The van der Waals surface area contributed by atoms with Gasteiger partial charge in [0.1, 0.15) is 48.3 Å². The molecule has 24 heteroatoms. The highest BCUT2D eigenvalue weighted by Gasteiger charge is 2.54. The lowest BCUT2D eigenvalue weighted by molar-refractivity contribution is -0.158. The molecule has 1 aromatic heterocycles. The fourth-order valence-electron chi connectivity index (χ4n) is 7.67. The number of hydrogen-bond acceptors (Lipinski definition) is 16. The Kier molecular flexibility index (Phi) is 23.9. The second-order valence-corrected chi connectivity index (χ2v) is 24.7. The highest BCUT2D eigenvalue weighted by molar-refractivity contribution is 7.51. The van der Waals surface area contributed by atoms with Crippen molar-refractivity contribution in [2.45, 2.75) is 175 Å². The number of aromatic nitrogens is 1. The number of halogens is 1. The van der Waals surface area contributed by atoms with Crippen LogP contribution in [0.4, 0.5) is 9.18 Å². The molecule has 2 aliphatic rings. The molecule has 4 rings (SSSR count). The average molecular weight is 1120 g/mol. The van der Waals surface area contributed by atoms with Crippen LogP contribution in [0.15, 0.2) is 23.7 Å². The lowest BCUT2D eigenvalue weighted by Crippen LogP contribution is -2.59. The summed E-state index contributed by atoms with van der Waals surface area (Å²) < 4.78 is 70.1. The van der Waals surface area contributed by atoms with Crippen molar-refractivity contribution in [3.63, 3.8) is 0 Å². The van der Waals surface area contributed by atoms with Gasteiger partial charge in [0.05, 0.1) is 54.7 Å². The van der Waals surface area contributed by atoms with Gasteiger partial charge in [-0.2, -0.15) is 0 Å². The molecular formula is C53H81FN7O14PS. The molecule has 5 amide bonds. The third-order valence-corrected chi connectivity index (χ3v) is 14.6. The maximum atomic E-state index is 15.2. The quantitative estimate of drug-likeness (QED) is 0.0254. The number of likely N-dealkylation sites (tertiary alicyclic amines) is 1. The van der Waals surface area contributed by atoms with Crippen LogP contribution in [0.2, 0.25) is 0 Å². The van der Waals surface area contributed by atoms with Gasteiger partial charge in [0.15, 0.2) is 5.67 Å². The van der Waals surface area contributed by atoms with Crippen LogP contribution in [0.3, 0.4) is 0 Å². The number of ether oxygens (including phenoxy) is 5. The molecule has 77 heavy (non-hydrogen) atoms. The third kappa shape index (κ3) is 21.5. The van der Waals surface area contributed by atoms with Crippen molar-refractivity contribution in [3.8, 4) is 28.5 Å².